The first kappa shape index (κ1) is 10.9. The van der Waals surface area contributed by atoms with Gasteiger partial charge in [0.15, 0.2) is 0 Å². The van der Waals surface area contributed by atoms with Gasteiger partial charge in [-0.3, -0.25) is 0 Å². The topological polar surface area (TPSA) is 46.2 Å². The van der Waals surface area contributed by atoms with E-state index in [0.717, 1.165) is 12.8 Å². The van der Waals surface area contributed by atoms with Crippen molar-refractivity contribution >= 4 is 10.0 Å². The Balaban J connectivity index is 4.01. The molecule has 0 unspecified atom stereocenters. The van der Waals surface area contributed by atoms with Crippen molar-refractivity contribution < 1.29 is 8.42 Å². The second kappa shape index (κ2) is 4.72. The lowest BCUT2D eigenvalue weighted by atomic mass is 10.1. The van der Waals surface area contributed by atoms with Gasteiger partial charge in [0, 0.05) is 0 Å². The standard InChI is InChI=1S/C7H17NO2S/c1-4-7(5-2)6-11(9,10)8-3/h7-8H,4-6H2,1-3H3. The van der Waals surface area contributed by atoms with Crippen LogP contribution < -0.4 is 4.72 Å². The van der Waals surface area contributed by atoms with E-state index < -0.39 is 10.0 Å². The minimum Gasteiger partial charge on any atom is -0.218 e. The summed E-state index contributed by atoms with van der Waals surface area (Å²) in [5, 5.41) is 0. The minimum absolute atomic E-state index is 0.260. The molecule has 0 rings (SSSR count). The van der Waals surface area contributed by atoms with Crippen LogP contribution in [-0.2, 0) is 10.0 Å². The number of hydrogen-bond acceptors (Lipinski definition) is 2. The van der Waals surface area contributed by atoms with Crippen molar-refractivity contribution in [2.75, 3.05) is 12.8 Å². The zero-order valence-electron chi connectivity index (χ0n) is 7.42. The second-order valence-electron chi connectivity index (χ2n) is 2.67. The van der Waals surface area contributed by atoms with Gasteiger partial charge in [0.25, 0.3) is 0 Å². The Morgan fingerprint density at radius 2 is 1.73 bits per heavy atom. The molecule has 0 radical (unpaired) electrons. The van der Waals surface area contributed by atoms with E-state index in [9.17, 15) is 8.42 Å². The zero-order valence-corrected chi connectivity index (χ0v) is 8.24. The van der Waals surface area contributed by atoms with E-state index in [1.165, 1.54) is 7.05 Å². The maximum Gasteiger partial charge on any atom is 0.211 e. The number of hydrogen-bond donors (Lipinski definition) is 1. The highest BCUT2D eigenvalue weighted by molar-refractivity contribution is 7.89. The third kappa shape index (κ3) is 4.37. The van der Waals surface area contributed by atoms with Crippen molar-refractivity contribution in [2.45, 2.75) is 26.7 Å². The van der Waals surface area contributed by atoms with Gasteiger partial charge in [-0.1, -0.05) is 26.7 Å². The quantitative estimate of drug-likeness (QED) is 0.683. The van der Waals surface area contributed by atoms with Crippen LogP contribution in [-0.4, -0.2) is 21.2 Å². The number of nitrogens with one attached hydrogen (secondary N) is 1. The molecule has 68 valence electrons. The fourth-order valence-electron chi connectivity index (χ4n) is 0.918. The average Bonchev–Trinajstić information content (AvgIpc) is 2.00. The van der Waals surface area contributed by atoms with Gasteiger partial charge < -0.3 is 0 Å². The highest BCUT2D eigenvalue weighted by atomic mass is 32.2. The van der Waals surface area contributed by atoms with Gasteiger partial charge in [-0.05, 0) is 13.0 Å². The van der Waals surface area contributed by atoms with Crippen LogP contribution in [0.15, 0.2) is 0 Å². The van der Waals surface area contributed by atoms with E-state index >= 15 is 0 Å². The molecule has 0 aliphatic carbocycles. The van der Waals surface area contributed by atoms with Gasteiger partial charge in [0.05, 0.1) is 5.75 Å². The van der Waals surface area contributed by atoms with Crippen molar-refractivity contribution in [1.29, 1.82) is 0 Å². The molecular weight excluding hydrogens is 162 g/mol. The summed E-state index contributed by atoms with van der Waals surface area (Å²) < 4.78 is 24.3. The highest BCUT2D eigenvalue weighted by Gasteiger charge is 2.13. The maximum absolute atomic E-state index is 11.0. The van der Waals surface area contributed by atoms with Crippen molar-refractivity contribution in [3.63, 3.8) is 0 Å². The van der Waals surface area contributed by atoms with Crippen molar-refractivity contribution in [1.82, 2.24) is 4.72 Å². The molecule has 0 saturated carbocycles. The predicted molar refractivity (Wildman–Crippen MR) is 46.9 cm³/mol. The molecule has 11 heavy (non-hydrogen) atoms. The molecule has 0 aromatic heterocycles. The molecule has 0 fully saturated rings. The average molecular weight is 179 g/mol. The van der Waals surface area contributed by atoms with E-state index in [-0.39, 0.29) is 5.75 Å². The Morgan fingerprint density at radius 3 is 2.00 bits per heavy atom. The minimum atomic E-state index is -2.99. The molecule has 0 saturated heterocycles. The molecule has 0 aliphatic rings. The molecule has 0 aromatic carbocycles. The summed E-state index contributed by atoms with van der Waals surface area (Å²) in [6.45, 7) is 4.03. The van der Waals surface area contributed by atoms with Crippen LogP contribution in [0.5, 0.6) is 0 Å². The lowest BCUT2D eigenvalue weighted by Crippen LogP contribution is -2.26. The van der Waals surface area contributed by atoms with Crippen LogP contribution in [0.3, 0.4) is 0 Å². The van der Waals surface area contributed by atoms with Crippen LogP contribution in [0.25, 0.3) is 0 Å². The predicted octanol–water partition coefficient (Wildman–Crippen LogP) is 0.972. The van der Waals surface area contributed by atoms with Crippen LogP contribution in [0, 0.1) is 5.92 Å². The summed E-state index contributed by atoms with van der Waals surface area (Å²) in [4.78, 5) is 0. The monoisotopic (exact) mass is 179 g/mol. The summed E-state index contributed by atoms with van der Waals surface area (Å²) in [6.07, 6.45) is 1.86. The number of sulfonamides is 1. The van der Waals surface area contributed by atoms with Gasteiger partial charge in [-0.15, -0.1) is 0 Å². The lowest BCUT2D eigenvalue weighted by Gasteiger charge is -2.10. The second-order valence-corrected chi connectivity index (χ2v) is 4.64. The summed E-state index contributed by atoms with van der Waals surface area (Å²) in [5.41, 5.74) is 0. The van der Waals surface area contributed by atoms with E-state index in [1.807, 2.05) is 13.8 Å². The number of rotatable bonds is 5. The molecule has 0 spiro atoms. The first-order chi connectivity index (χ1) is 5.05. The Kier molecular flexibility index (Phi) is 4.68. The molecule has 0 bridgehead atoms. The molecule has 4 heteroatoms. The van der Waals surface area contributed by atoms with Gasteiger partial charge >= 0.3 is 0 Å². The van der Waals surface area contributed by atoms with E-state index in [0.29, 0.717) is 5.92 Å². The van der Waals surface area contributed by atoms with Gasteiger partial charge in [-0.25, -0.2) is 13.1 Å². The third-order valence-corrected chi connectivity index (χ3v) is 3.45. The first-order valence-electron chi connectivity index (χ1n) is 3.97. The van der Waals surface area contributed by atoms with Gasteiger partial charge in [-0.2, -0.15) is 0 Å². The van der Waals surface area contributed by atoms with Crippen LogP contribution in [0.4, 0.5) is 0 Å². The Labute approximate surface area is 69.2 Å². The molecule has 1 N–H and O–H groups in total. The normalized spacial score (nSPS) is 12.4. The largest absolute Gasteiger partial charge is 0.218 e. The molecular formula is C7H17NO2S. The van der Waals surface area contributed by atoms with E-state index in [1.54, 1.807) is 0 Å². The van der Waals surface area contributed by atoms with Crippen molar-refractivity contribution in [3.8, 4) is 0 Å². The van der Waals surface area contributed by atoms with Crippen molar-refractivity contribution in [3.05, 3.63) is 0 Å². The van der Waals surface area contributed by atoms with Gasteiger partial charge in [0.2, 0.25) is 10.0 Å². The first-order valence-corrected chi connectivity index (χ1v) is 5.62. The van der Waals surface area contributed by atoms with Crippen LogP contribution >= 0.6 is 0 Å². The summed E-state index contributed by atoms with van der Waals surface area (Å²) in [5.74, 6) is 0.559. The third-order valence-electron chi connectivity index (χ3n) is 1.92. The van der Waals surface area contributed by atoms with E-state index in [2.05, 4.69) is 4.72 Å². The fraction of sp³-hybridized carbons (Fsp3) is 1.00. The Bertz CT molecular complexity index is 183. The molecule has 0 atom stereocenters. The fourth-order valence-corrected chi connectivity index (χ4v) is 2.18. The summed E-state index contributed by atoms with van der Waals surface area (Å²) in [7, 11) is -1.54. The maximum atomic E-state index is 11.0. The molecule has 3 nitrogen and oxygen atoms in total. The smallest absolute Gasteiger partial charge is 0.211 e. The molecule has 0 amide bonds. The lowest BCUT2D eigenvalue weighted by molar-refractivity contribution is 0.519. The molecule has 0 aromatic rings. The van der Waals surface area contributed by atoms with Crippen LogP contribution in [0.1, 0.15) is 26.7 Å². The van der Waals surface area contributed by atoms with Gasteiger partial charge in [0.1, 0.15) is 0 Å². The SMILES string of the molecule is CCC(CC)CS(=O)(=O)NC. The Morgan fingerprint density at radius 1 is 1.27 bits per heavy atom. The highest BCUT2D eigenvalue weighted by Crippen LogP contribution is 2.09. The summed E-state index contributed by atoms with van der Waals surface area (Å²) >= 11 is 0. The molecule has 0 heterocycles. The zero-order chi connectivity index (χ0) is 8.91. The summed E-state index contributed by atoms with van der Waals surface area (Å²) in [6, 6.07) is 0. The van der Waals surface area contributed by atoms with Crippen LogP contribution in [0.2, 0.25) is 0 Å². The molecule has 0 aliphatic heterocycles. The van der Waals surface area contributed by atoms with E-state index in [4.69, 9.17) is 0 Å². The van der Waals surface area contributed by atoms with Crippen molar-refractivity contribution in [2.24, 2.45) is 5.92 Å². The Hall–Kier alpha value is -0.0900.